The molecule has 0 saturated carbocycles. The molecule has 1 amide bonds. The summed E-state index contributed by atoms with van der Waals surface area (Å²) in [5, 5.41) is 28.3. The van der Waals surface area contributed by atoms with Crippen LogP contribution in [0.5, 0.6) is 11.5 Å². The quantitative estimate of drug-likeness (QED) is 0.599. The van der Waals surface area contributed by atoms with Crippen molar-refractivity contribution in [3.05, 3.63) is 23.8 Å². The predicted octanol–water partition coefficient (Wildman–Crippen LogP) is 0.867. The first-order chi connectivity index (χ1) is 8.32. The van der Waals surface area contributed by atoms with E-state index in [1.54, 1.807) is 6.07 Å². The zero-order chi connectivity index (χ0) is 14.1. The third-order valence-corrected chi connectivity index (χ3v) is 1.83. The summed E-state index contributed by atoms with van der Waals surface area (Å²) < 4.78 is 0. The van der Waals surface area contributed by atoms with Gasteiger partial charge in [-0.05, 0) is 24.1 Å². The molecule has 0 aliphatic rings. The number of rotatable bonds is 3. The number of carboxylic acid groups (broad SMARTS) is 1. The first-order valence-corrected chi connectivity index (χ1v) is 5.27. The molecule has 0 heterocycles. The molecule has 0 aliphatic carbocycles. The lowest BCUT2D eigenvalue weighted by Gasteiger charge is -2.04. The van der Waals surface area contributed by atoms with E-state index in [-0.39, 0.29) is 17.4 Å². The Labute approximate surface area is 105 Å². The molecule has 0 radical (unpaired) electrons. The van der Waals surface area contributed by atoms with Crippen LogP contribution < -0.4 is 5.32 Å². The second-order valence-electron chi connectivity index (χ2n) is 3.58. The van der Waals surface area contributed by atoms with Gasteiger partial charge in [0.1, 0.15) is 0 Å². The Morgan fingerprint density at radius 3 is 2.17 bits per heavy atom. The van der Waals surface area contributed by atoms with Crippen molar-refractivity contribution in [2.24, 2.45) is 0 Å². The highest BCUT2D eigenvalue weighted by Crippen LogP contribution is 2.24. The Hall–Kier alpha value is -2.24. The average Bonchev–Trinajstić information content (AvgIpc) is 2.22. The monoisotopic (exact) mass is 255 g/mol. The van der Waals surface area contributed by atoms with Gasteiger partial charge in [-0.25, -0.2) is 0 Å². The van der Waals surface area contributed by atoms with Crippen LogP contribution in [-0.2, 0) is 16.0 Å². The van der Waals surface area contributed by atoms with Gasteiger partial charge in [-0.2, -0.15) is 0 Å². The number of carbonyl (C=O) groups excluding carboxylic acids is 1. The normalized spacial score (nSPS) is 9.00. The summed E-state index contributed by atoms with van der Waals surface area (Å²) >= 11 is 0. The highest BCUT2D eigenvalue weighted by molar-refractivity contribution is 5.72. The van der Waals surface area contributed by atoms with Crippen LogP contribution in [0.1, 0.15) is 19.4 Å². The smallest absolute Gasteiger partial charge is 0.300 e. The Morgan fingerprint density at radius 1 is 1.17 bits per heavy atom. The predicted molar refractivity (Wildman–Crippen MR) is 65.5 cm³/mol. The van der Waals surface area contributed by atoms with Gasteiger partial charge in [-0.3, -0.25) is 9.59 Å². The van der Waals surface area contributed by atoms with Crippen molar-refractivity contribution in [3.63, 3.8) is 0 Å². The van der Waals surface area contributed by atoms with E-state index < -0.39 is 5.97 Å². The fourth-order valence-electron chi connectivity index (χ4n) is 1.11. The van der Waals surface area contributed by atoms with Crippen LogP contribution in [0, 0.1) is 0 Å². The summed E-state index contributed by atoms with van der Waals surface area (Å²) in [7, 11) is 0. The Bertz CT molecular complexity index is 413. The summed E-state index contributed by atoms with van der Waals surface area (Å²) in [5.41, 5.74) is 0.869. The fraction of sp³-hybridized carbons (Fsp3) is 0.333. The second kappa shape index (κ2) is 7.94. The first kappa shape index (κ1) is 15.8. The number of carboxylic acids is 1. The van der Waals surface area contributed by atoms with Crippen molar-refractivity contribution in [2.45, 2.75) is 20.3 Å². The maximum absolute atomic E-state index is 10.6. The number of nitrogens with one attached hydrogen (secondary N) is 1. The van der Waals surface area contributed by atoms with E-state index in [4.69, 9.17) is 15.0 Å². The summed E-state index contributed by atoms with van der Waals surface area (Å²) in [6.07, 6.45) is 0.632. The maximum Gasteiger partial charge on any atom is 0.300 e. The number of hydrogen-bond acceptors (Lipinski definition) is 4. The summed E-state index contributed by atoms with van der Waals surface area (Å²) in [6, 6.07) is 4.62. The van der Waals surface area contributed by atoms with Crippen molar-refractivity contribution >= 4 is 11.9 Å². The molecule has 6 heteroatoms. The molecule has 6 nitrogen and oxygen atoms in total. The molecule has 1 aromatic carbocycles. The average molecular weight is 255 g/mol. The van der Waals surface area contributed by atoms with Crippen LogP contribution >= 0.6 is 0 Å². The molecule has 0 fully saturated rings. The number of phenolic OH excluding ortho intramolecular Hbond substituents is 2. The minimum absolute atomic E-state index is 0.0759. The fourth-order valence-corrected chi connectivity index (χ4v) is 1.11. The number of aromatic hydroxyl groups is 2. The van der Waals surface area contributed by atoms with Gasteiger partial charge in [-0.1, -0.05) is 6.07 Å². The SMILES string of the molecule is CC(=O)NCCc1ccc(O)c(O)c1.CC(=O)O. The molecule has 0 aromatic heterocycles. The van der Waals surface area contributed by atoms with E-state index in [9.17, 15) is 9.90 Å². The highest BCUT2D eigenvalue weighted by atomic mass is 16.4. The van der Waals surface area contributed by atoms with Gasteiger partial charge in [-0.15, -0.1) is 0 Å². The molecule has 0 bridgehead atoms. The number of aliphatic carboxylic acids is 1. The van der Waals surface area contributed by atoms with Crippen molar-refractivity contribution in [1.29, 1.82) is 0 Å². The van der Waals surface area contributed by atoms with E-state index in [2.05, 4.69) is 5.32 Å². The largest absolute Gasteiger partial charge is 0.504 e. The molecule has 0 atom stereocenters. The van der Waals surface area contributed by atoms with Crippen molar-refractivity contribution in [2.75, 3.05) is 6.54 Å². The van der Waals surface area contributed by atoms with Crippen LogP contribution in [0.2, 0.25) is 0 Å². The van der Waals surface area contributed by atoms with Gasteiger partial charge in [0.25, 0.3) is 5.97 Å². The van der Waals surface area contributed by atoms with Crippen LogP contribution in [-0.4, -0.2) is 33.7 Å². The lowest BCUT2D eigenvalue weighted by molar-refractivity contribution is -0.134. The van der Waals surface area contributed by atoms with Crippen LogP contribution in [0.4, 0.5) is 0 Å². The van der Waals surface area contributed by atoms with Crippen molar-refractivity contribution in [3.8, 4) is 11.5 Å². The topological polar surface area (TPSA) is 107 Å². The lowest BCUT2D eigenvalue weighted by Crippen LogP contribution is -2.22. The molecular formula is C12H17NO5. The van der Waals surface area contributed by atoms with Gasteiger partial charge < -0.3 is 20.6 Å². The Kier molecular flexibility index (Phi) is 6.95. The lowest BCUT2D eigenvalue weighted by atomic mass is 10.1. The van der Waals surface area contributed by atoms with Gasteiger partial charge in [0.15, 0.2) is 11.5 Å². The molecule has 18 heavy (non-hydrogen) atoms. The molecule has 0 aliphatic heterocycles. The Balaban J connectivity index is 0.000000631. The summed E-state index contributed by atoms with van der Waals surface area (Å²) in [5.74, 6) is -1.17. The minimum Gasteiger partial charge on any atom is -0.504 e. The third kappa shape index (κ3) is 7.98. The summed E-state index contributed by atoms with van der Waals surface area (Å²) in [4.78, 5) is 19.6. The van der Waals surface area contributed by atoms with Crippen LogP contribution in [0.3, 0.4) is 0 Å². The minimum atomic E-state index is -0.833. The summed E-state index contributed by atoms with van der Waals surface area (Å²) in [6.45, 7) is 3.06. The van der Waals surface area contributed by atoms with E-state index in [0.717, 1.165) is 12.5 Å². The number of carbonyl (C=O) groups is 2. The van der Waals surface area contributed by atoms with Crippen LogP contribution in [0.15, 0.2) is 18.2 Å². The third-order valence-electron chi connectivity index (χ3n) is 1.83. The molecule has 100 valence electrons. The molecule has 0 spiro atoms. The maximum atomic E-state index is 10.6. The zero-order valence-corrected chi connectivity index (χ0v) is 10.3. The molecule has 0 unspecified atom stereocenters. The van der Waals surface area contributed by atoms with E-state index in [1.165, 1.54) is 19.1 Å². The van der Waals surface area contributed by atoms with Gasteiger partial charge >= 0.3 is 0 Å². The van der Waals surface area contributed by atoms with Gasteiger partial charge in [0.2, 0.25) is 5.91 Å². The number of phenols is 2. The first-order valence-electron chi connectivity index (χ1n) is 5.27. The molecule has 1 aromatic rings. The number of benzene rings is 1. The van der Waals surface area contributed by atoms with Crippen molar-refractivity contribution in [1.82, 2.24) is 5.32 Å². The van der Waals surface area contributed by atoms with E-state index in [1.807, 2.05) is 0 Å². The Morgan fingerprint density at radius 2 is 1.72 bits per heavy atom. The molecular weight excluding hydrogens is 238 g/mol. The van der Waals surface area contributed by atoms with Crippen LogP contribution in [0.25, 0.3) is 0 Å². The molecule has 0 saturated heterocycles. The molecule has 4 N–H and O–H groups in total. The standard InChI is InChI=1S/C10H13NO3.C2H4O2/c1-7(12)11-5-4-8-2-3-9(13)10(14)6-8;1-2(3)4/h2-3,6,13-14H,4-5H2,1H3,(H,11,12);1H3,(H,3,4). The zero-order valence-electron chi connectivity index (χ0n) is 10.3. The number of amides is 1. The second-order valence-corrected chi connectivity index (χ2v) is 3.58. The van der Waals surface area contributed by atoms with E-state index >= 15 is 0 Å². The van der Waals surface area contributed by atoms with Gasteiger partial charge in [0.05, 0.1) is 0 Å². The van der Waals surface area contributed by atoms with Crippen molar-refractivity contribution < 1.29 is 24.9 Å². The number of hydrogen-bond donors (Lipinski definition) is 4. The van der Waals surface area contributed by atoms with Gasteiger partial charge in [0, 0.05) is 20.4 Å². The molecule has 1 rings (SSSR count). The van der Waals surface area contributed by atoms with E-state index in [0.29, 0.717) is 13.0 Å². The highest BCUT2D eigenvalue weighted by Gasteiger charge is 2.00.